The van der Waals surface area contributed by atoms with Gasteiger partial charge in [0.05, 0.1) is 18.2 Å². The standard InChI is InChI=1S/C15H20N4O/c1-3-12-15-18-17-14(19(15)10-9-16-12)11-7-5-6-8-13(11)20-4-2/h5-8,12,16H,3-4,9-10H2,1-2H3. The van der Waals surface area contributed by atoms with E-state index < -0.39 is 0 Å². The Kier molecular flexibility index (Phi) is 3.69. The number of para-hydroxylation sites is 1. The predicted octanol–water partition coefficient (Wildman–Crippen LogP) is 2.40. The largest absolute Gasteiger partial charge is 0.493 e. The SMILES string of the molecule is CCOc1ccccc1-c1nnc2n1CCNC2CC. The van der Waals surface area contributed by atoms with Crippen molar-refractivity contribution in [3.05, 3.63) is 30.1 Å². The van der Waals surface area contributed by atoms with E-state index in [2.05, 4.69) is 27.0 Å². The van der Waals surface area contributed by atoms with E-state index in [1.165, 1.54) is 0 Å². The topological polar surface area (TPSA) is 52.0 Å². The molecule has 2 aromatic rings. The number of ether oxygens (including phenoxy) is 1. The van der Waals surface area contributed by atoms with Crippen LogP contribution in [0.25, 0.3) is 11.4 Å². The maximum atomic E-state index is 5.71. The molecule has 0 aliphatic carbocycles. The number of rotatable bonds is 4. The molecule has 0 saturated heterocycles. The molecular weight excluding hydrogens is 252 g/mol. The first-order valence-corrected chi connectivity index (χ1v) is 7.23. The van der Waals surface area contributed by atoms with Crippen molar-refractivity contribution >= 4 is 0 Å². The normalized spacial score (nSPS) is 17.8. The van der Waals surface area contributed by atoms with E-state index in [4.69, 9.17) is 4.74 Å². The van der Waals surface area contributed by atoms with Crippen molar-refractivity contribution in [1.29, 1.82) is 0 Å². The summed E-state index contributed by atoms with van der Waals surface area (Å²) in [6.07, 6.45) is 1.02. The summed E-state index contributed by atoms with van der Waals surface area (Å²) in [5.41, 5.74) is 1.02. The van der Waals surface area contributed by atoms with Gasteiger partial charge in [-0.2, -0.15) is 0 Å². The zero-order valence-corrected chi connectivity index (χ0v) is 12.0. The van der Waals surface area contributed by atoms with Crippen LogP contribution >= 0.6 is 0 Å². The summed E-state index contributed by atoms with van der Waals surface area (Å²) in [6.45, 7) is 6.65. The number of aromatic nitrogens is 3. The zero-order chi connectivity index (χ0) is 13.9. The number of hydrogen-bond donors (Lipinski definition) is 1. The second-order valence-electron chi connectivity index (χ2n) is 4.88. The van der Waals surface area contributed by atoms with Crippen LogP contribution in [0.4, 0.5) is 0 Å². The lowest BCUT2D eigenvalue weighted by atomic mass is 10.1. The molecule has 0 amide bonds. The van der Waals surface area contributed by atoms with Crippen LogP contribution in [0.3, 0.4) is 0 Å². The first kappa shape index (κ1) is 13.1. The van der Waals surface area contributed by atoms with Gasteiger partial charge in [0.25, 0.3) is 0 Å². The van der Waals surface area contributed by atoms with E-state index in [1.807, 2.05) is 31.2 Å². The van der Waals surface area contributed by atoms with Crippen LogP contribution in [0.2, 0.25) is 0 Å². The number of hydrogen-bond acceptors (Lipinski definition) is 4. The van der Waals surface area contributed by atoms with E-state index >= 15 is 0 Å². The van der Waals surface area contributed by atoms with E-state index in [1.54, 1.807) is 0 Å². The molecule has 0 bridgehead atoms. The lowest BCUT2D eigenvalue weighted by molar-refractivity contribution is 0.341. The van der Waals surface area contributed by atoms with Gasteiger partial charge in [-0.1, -0.05) is 19.1 Å². The fourth-order valence-electron chi connectivity index (χ4n) is 2.69. The highest BCUT2D eigenvalue weighted by atomic mass is 16.5. The molecule has 0 spiro atoms. The molecule has 1 aromatic heterocycles. The molecule has 2 heterocycles. The smallest absolute Gasteiger partial charge is 0.167 e. The van der Waals surface area contributed by atoms with E-state index in [9.17, 15) is 0 Å². The number of nitrogens with one attached hydrogen (secondary N) is 1. The fraction of sp³-hybridized carbons (Fsp3) is 0.467. The number of nitrogens with zero attached hydrogens (tertiary/aromatic N) is 3. The third-order valence-corrected chi connectivity index (χ3v) is 3.65. The van der Waals surface area contributed by atoms with Gasteiger partial charge < -0.3 is 14.6 Å². The minimum absolute atomic E-state index is 0.296. The van der Waals surface area contributed by atoms with E-state index in [0.717, 1.165) is 42.5 Å². The maximum Gasteiger partial charge on any atom is 0.167 e. The van der Waals surface area contributed by atoms with Crippen LogP contribution in [0.15, 0.2) is 24.3 Å². The van der Waals surface area contributed by atoms with Crippen molar-refractivity contribution in [2.24, 2.45) is 0 Å². The van der Waals surface area contributed by atoms with Crippen molar-refractivity contribution in [2.45, 2.75) is 32.9 Å². The minimum Gasteiger partial charge on any atom is -0.493 e. The third kappa shape index (κ3) is 2.18. The average Bonchev–Trinajstić information content (AvgIpc) is 2.92. The average molecular weight is 272 g/mol. The molecule has 5 nitrogen and oxygen atoms in total. The van der Waals surface area contributed by atoms with Gasteiger partial charge in [-0.25, -0.2) is 0 Å². The second kappa shape index (κ2) is 5.63. The van der Waals surface area contributed by atoms with Crippen molar-refractivity contribution in [3.8, 4) is 17.1 Å². The number of benzene rings is 1. The summed E-state index contributed by atoms with van der Waals surface area (Å²) in [5.74, 6) is 2.81. The van der Waals surface area contributed by atoms with Gasteiger partial charge in [-0.3, -0.25) is 0 Å². The molecule has 1 aromatic carbocycles. The molecule has 106 valence electrons. The lowest BCUT2D eigenvalue weighted by Crippen LogP contribution is -2.33. The Morgan fingerprint density at radius 1 is 1.30 bits per heavy atom. The molecule has 1 aliphatic heterocycles. The van der Waals surface area contributed by atoms with Gasteiger partial charge in [0.1, 0.15) is 5.75 Å². The Balaban J connectivity index is 2.06. The van der Waals surface area contributed by atoms with E-state index in [0.29, 0.717) is 12.6 Å². The second-order valence-corrected chi connectivity index (χ2v) is 4.88. The molecular formula is C15H20N4O. The molecule has 0 fully saturated rings. The van der Waals surface area contributed by atoms with Gasteiger partial charge in [-0.05, 0) is 25.5 Å². The fourth-order valence-corrected chi connectivity index (χ4v) is 2.69. The van der Waals surface area contributed by atoms with Crippen molar-refractivity contribution in [3.63, 3.8) is 0 Å². The molecule has 20 heavy (non-hydrogen) atoms. The van der Waals surface area contributed by atoms with Crippen LogP contribution in [0.1, 0.15) is 32.1 Å². The van der Waals surface area contributed by atoms with Gasteiger partial charge >= 0.3 is 0 Å². The molecule has 1 aliphatic rings. The monoisotopic (exact) mass is 272 g/mol. The molecule has 1 atom stereocenters. The molecule has 0 radical (unpaired) electrons. The lowest BCUT2D eigenvalue weighted by Gasteiger charge is -2.24. The molecule has 1 N–H and O–H groups in total. The van der Waals surface area contributed by atoms with Gasteiger partial charge in [0.15, 0.2) is 11.6 Å². The Bertz CT molecular complexity index is 593. The Labute approximate surface area is 119 Å². The quantitative estimate of drug-likeness (QED) is 0.928. The first-order chi connectivity index (χ1) is 9.85. The summed E-state index contributed by atoms with van der Waals surface area (Å²) < 4.78 is 7.92. The van der Waals surface area contributed by atoms with Crippen molar-refractivity contribution < 1.29 is 4.74 Å². The molecule has 5 heteroatoms. The van der Waals surface area contributed by atoms with Gasteiger partial charge in [-0.15, -0.1) is 10.2 Å². The third-order valence-electron chi connectivity index (χ3n) is 3.65. The molecule has 1 unspecified atom stereocenters. The van der Waals surface area contributed by atoms with Crippen LogP contribution in [0, 0.1) is 0 Å². The highest BCUT2D eigenvalue weighted by molar-refractivity contribution is 5.64. The highest BCUT2D eigenvalue weighted by Crippen LogP contribution is 2.31. The highest BCUT2D eigenvalue weighted by Gasteiger charge is 2.25. The Hall–Kier alpha value is -1.88. The van der Waals surface area contributed by atoms with Crippen LogP contribution < -0.4 is 10.1 Å². The summed E-state index contributed by atoms with van der Waals surface area (Å²) in [5, 5.41) is 12.3. The van der Waals surface area contributed by atoms with Gasteiger partial charge in [0.2, 0.25) is 0 Å². The Morgan fingerprint density at radius 2 is 2.15 bits per heavy atom. The van der Waals surface area contributed by atoms with Crippen LogP contribution in [-0.2, 0) is 6.54 Å². The van der Waals surface area contributed by atoms with Crippen molar-refractivity contribution in [2.75, 3.05) is 13.2 Å². The summed E-state index contributed by atoms with van der Waals surface area (Å²) >= 11 is 0. The van der Waals surface area contributed by atoms with Gasteiger partial charge in [0, 0.05) is 13.1 Å². The summed E-state index contributed by atoms with van der Waals surface area (Å²) in [4.78, 5) is 0. The summed E-state index contributed by atoms with van der Waals surface area (Å²) in [7, 11) is 0. The predicted molar refractivity (Wildman–Crippen MR) is 77.7 cm³/mol. The zero-order valence-electron chi connectivity index (χ0n) is 12.0. The molecule has 0 saturated carbocycles. The molecule has 3 rings (SSSR count). The maximum absolute atomic E-state index is 5.71. The first-order valence-electron chi connectivity index (χ1n) is 7.23. The van der Waals surface area contributed by atoms with Crippen LogP contribution in [0.5, 0.6) is 5.75 Å². The van der Waals surface area contributed by atoms with Crippen LogP contribution in [-0.4, -0.2) is 27.9 Å². The number of fused-ring (bicyclic) bond motifs is 1. The summed E-state index contributed by atoms with van der Waals surface area (Å²) in [6, 6.07) is 8.32. The Morgan fingerprint density at radius 3 is 2.95 bits per heavy atom. The van der Waals surface area contributed by atoms with E-state index in [-0.39, 0.29) is 0 Å². The minimum atomic E-state index is 0.296. The van der Waals surface area contributed by atoms with Crippen molar-refractivity contribution in [1.82, 2.24) is 20.1 Å².